The third-order valence-corrected chi connectivity index (χ3v) is 5.57. The normalized spacial score (nSPS) is 12.6. The van der Waals surface area contributed by atoms with Gasteiger partial charge in [0.2, 0.25) is 0 Å². The van der Waals surface area contributed by atoms with Gasteiger partial charge in [-0.25, -0.2) is 0 Å². The Hall–Kier alpha value is -0.350. The molecule has 0 saturated heterocycles. The quantitative estimate of drug-likeness (QED) is 0.758. The van der Waals surface area contributed by atoms with Crippen LogP contribution in [-0.4, -0.2) is 6.54 Å². The highest BCUT2D eigenvalue weighted by atomic mass is 79.9. The summed E-state index contributed by atoms with van der Waals surface area (Å²) in [7, 11) is 0. The summed E-state index contributed by atoms with van der Waals surface area (Å²) in [5.41, 5.74) is 2.46. The van der Waals surface area contributed by atoms with Crippen molar-refractivity contribution in [2.24, 2.45) is 0 Å². The molecule has 1 aromatic carbocycles. The van der Waals surface area contributed by atoms with Crippen molar-refractivity contribution in [3.05, 3.63) is 55.1 Å². The van der Waals surface area contributed by atoms with Gasteiger partial charge >= 0.3 is 0 Å². The molecule has 2 aromatic rings. The van der Waals surface area contributed by atoms with Gasteiger partial charge < -0.3 is 5.32 Å². The summed E-state index contributed by atoms with van der Waals surface area (Å²) < 4.78 is 1.19. The minimum atomic E-state index is 0.304. The molecule has 0 spiro atoms. The van der Waals surface area contributed by atoms with Crippen molar-refractivity contribution in [3.63, 3.8) is 0 Å². The second kappa shape index (κ2) is 6.89. The van der Waals surface area contributed by atoms with Gasteiger partial charge in [-0.1, -0.05) is 30.7 Å². The fourth-order valence-corrected chi connectivity index (χ4v) is 3.94. The molecule has 1 heterocycles. The second-order valence-electron chi connectivity index (χ2n) is 4.46. The summed E-state index contributed by atoms with van der Waals surface area (Å²) in [6, 6.07) is 8.55. The maximum Gasteiger partial charge on any atom is 0.0438 e. The van der Waals surface area contributed by atoms with Crippen LogP contribution in [0.3, 0.4) is 0 Å². The average molecular weight is 359 g/mol. The van der Waals surface area contributed by atoms with Crippen LogP contribution in [0.1, 0.15) is 29.0 Å². The van der Waals surface area contributed by atoms with Crippen LogP contribution in [-0.2, 0) is 6.42 Å². The molecule has 102 valence electrons. The van der Waals surface area contributed by atoms with Crippen LogP contribution in [0.25, 0.3) is 0 Å². The monoisotopic (exact) mass is 357 g/mol. The summed E-state index contributed by atoms with van der Waals surface area (Å²) in [5, 5.41) is 6.52. The number of halogens is 2. The Labute approximate surface area is 132 Å². The van der Waals surface area contributed by atoms with Gasteiger partial charge in [-0.15, -0.1) is 11.3 Å². The van der Waals surface area contributed by atoms with Gasteiger partial charge in [-0.05, 0) is 58.0 Å². The molecule has 0 bridgehead atoms. The summed E-state index contributed by atoms with van der Waals surface area (Å²) in [4.78, 5) is 1.37. The van der Waals surface area contributed by atoms with Crippen LogP contribution in [0.4, 0.5) is 0 Å². The maximum absolute atomic E-state index is 6.24. The molecule has 0 aliphatic carbocycles. The van der Waals surface area contributed by atoms with E-state index in [1.54, 1.807) is 11.3 Å². The molecule has 2 rings (SSSR count). The number of rotatable bonds is 5. The zero-order valence-corrected chi connectivity index (χ0v) is 14.2. The van der Waals surface area contributed by atoms with Crippen LogP contribution in [0.15, 0.2) is 34.1 Å². The van der Waals surface area contributed by atoms with Crippen molar-refractivity contribution in [1.29, 1.82) is 0 Å². The van der Waals surface area contributed by atoms with Gasteiger partial charge in [0.1, 0.15) is 0 Å². The van der Waals surface area contributed by atoms with E-state index in [0.717, 1.165) is 18.0 Å². The van der Waals surface area contributed by atoms with Crippen molar-refractivity contribution in [1.82, 2.24) is 5.32 Å². The molecule has 1 unspecified atom stereocenters. The van der Waals surface area contributed by atoms with Crippen molar-refractivity contribution in [3.8, 4) is 0 Å². The summed E-state index contributed by atoms with van der Waals surface area (Å²) in [5.74, 6) is 0. The first-order chi connectivity index (χ1) is 9.13. The van der Waals surface area contributed by atoms with Crippen molar-refractivity contribution >= 4 is 38.9 Å². The predicted molar refractivity (Wildman–Crippen MR) is 88.3 cm³/mol. The van der Waals surface area contributed by atoms with Crippen molar-refractivity contribution in [2.75, 3.05) is 6.54 Å². The standard InChI is InChI=1S/C15H17BrClNS/c1-3-18-14(9-15-12(16)7-8-19-15)11-5-4-6-13(17)10(11)2/h4-8,14,18H,3,9H2,1-2H3. The summed E-state index contributed by atoms with van der Waals surface area (Å²) >= 11 is 11.6. The third kappa shape index (κ3) is 3.60. The predicted octanol–water partition coefficient (Wildman–Crippen LogP) is 5.37. The van der Waals surface area contributed by atoms with Gasteiger partial charge in [0.05, 0.1) is 0 Å². The fourth-order valence-electron chi connectivity index (χ4n) is 2.20. The summed E-state index contributed by atoms with van der Waals surface area (Å²) in [6.07, 6.45) is 0.979. The SMILES string of the molecule is CCNC(Cc1sccc1Br)c1cccc(Cl)c1C. The van der Waals surface area contributed by atoms with Crippen LogP contribution in [0.5, 0.6) is 0 Å². The van der Waals surface area contributed by atoms with E-state index in [1.165, 1.54) is 20.5 Å². The lowest BCUT2D eigenvalue weighted by atomic mass is 9.98. The Morgan fingerprint density at radius 2 is 2.16 bits per heavy atom. The molecular formula is C15H17BrClNS. The number of hydrogen-bond donors (Lipinski definition) is 1. The first-order valence-electron chi connectivity index (χ1n) is 6.33. The summed E-state index contributed by atoms with van der Waals surface area (Å²) in [6.45, 7) is 5.17. The average Bonchev–Trinajstić information content (AvgIpc) is 2.78. The van der Waals surface area contributed by atoms with E-state index in [4.69, 9.17) is 11.6 Å². The van der Waals surface area contributed by atoms with Crippen LogP contribution >= 0.6 is 38.9 Å². The van der Waals surface area contributed by atoms with Gasteiger partial charge in [0.25, 0.3) is 0 Å². The molecule has 0 saturated carbocycles. The lowest BCUT2D eigenvalue weighted by molar-refractivity contribution is 0.550. The molecule has 4 heteroatoms. The van der Waals surface area contributed by atoms with E-state index < -0.39 is 0 Å². The van der Waals surface area contributed by atoms with E-state index in [0.29, 0.717) is 6.04 Å². The molecule has 0 fully saturated rings. The first-order valence-corrected chi connectivity index (χ1v) is 8.38. The Morgan fingerprint density at radius 1 is 1.37 bits per heavy atom. The number of likely N-dealkylation sites (N-methyl/N-ethyl adjacent to an activating group) is 1. The number of hydrogen-bond acceptors (Lipinski definition) is 2. The number of nitrogens with one attached hydrogen (secondary N) is 1. The molecule has 0 aliphatic rings. The Morgan fingerprint density at radius 3 is 2.79 bits per heavy atom. The van der Waals surface area contributed by atoms with Crippen LogP contribution in [0, 0.1) is 6.92 Å². The highest BCUT2D eigenvalue weighted by molar-refractivity contribution is 9.10. The molecule has 1 N–H and O–H groups in total. The van der Waals surface area contributed by atoms with E-state index in [-0.39, 0.29) is 0 Å². The third-order valence-electron chi connectivity index (χ3n) is 3.22. The van der Waals surface area contributed by atoms with Crippen molar-refractivity contribution < 1.29 is 0 Å². The first kappa shape index (κ1) is 15.0. The molecule has 19 heavy (non-hydrogen) atoms. The van der Waals surface area contributed by atoms with Crippen LogP contribution in [0.2, 0.25) is 5.02 Å². The molecule has 1 atom stereocenters. The zero-order chi connectivity index (χ0) is 13.8. The highest BCUT2D eigenvalue weighted by Crippen LogP contribution is 2.31. The van der Waals surface area contributed by atoms with Crippen molar-refractivity contribution in [2.45, 2.75) is 26.3 Å². The molecule has 1 nitrogen and oxygen atoms in total. The molecular weight excluding hydrogens is 342 g/mol. The molecule has 0 amide bonds. The largest absolute Gasteiger partial charge is 0.310 e. The van der Waals surface area contributed by atoms with Gasteiger partial charge in [-0.2, -0.15) is 0 Å². The number of benzene rings is 1. The molecule has 0 aliphatic heterocycles. The topological polar surface area (TPSA) is 12.0 Å². The zero-order valence-electron chi connectivity index (χ0n) is 11.0. The van der Waals surface area contributed by atoms with E-state index in [2.05, 4.69) is 52.6 Å². The number of thiophene rings is 1. The maximum atomic E-state index is 6.24. The minimum Gasteiger partial charge on any atom is -0.310 e. The second-order valence-corrected chi connectivity index (χ2v) is 6.72. The Kier molecular flexibility index (Phi) is 5.46. The van der Waals surface area contributed by atoms with E-state index in [1.807, 2.05) is 12.1 Å². The Bertz CT molecular complexity index is 553. The van der Waals surface area contributed by atoms with Gasteiger partial charge in [0.15, 0.2) is 0 Å². The van der Waals surface area contributed by atoms with Gasteiger partial charge in [-0.3, -0.25) is 0 Å². The minimum absolute atomic E-state index is 0.304. The smallest absolute Gasteiger partial charge is 0.0438 e. The highest BCUT2D eigenvalue weighted by Gasteiger charge is 2.16. The van der Waals surface area contributed by atoms with E-state index in [9.17, 15) is 0 Å². The fraction of sp³-hybridized carbons (Fsp3) is 0.333. The van der Waals surface area contributed by atoms with E-state index >= 15 is 0 Å². The lowest BCUT2D eigenvalue weighted by Crippen LogP contribution is -2.23. The molecule has 1 aromatic heterocycles. The van der Waals surface area contributed by atoms with Crippen LogP contribution < -0.4 is 5.32 Å². The van der Waals surface area contributed by atoms with Gasteiger partial charge in [0, 0.05) is 26.8 Å². The Balaban J connectivity index is 2.29. The molecule has 0 radical (unpaired) electrons. The lowest BCUT2D eigenvalue weighted by Gasteiger charge is -2.20.